The SMILES string of the molecule is NCC(O)c1ccc2oc(Cl)cc2c1. The number of hydrogen-bond donors (Lipinski definition) is 2. The molecule has 3 N–H and O–H groups in total. The molecule has 4 heteroatoms. The molecular weight excluding hydrogens is 202 g/mol. The van der Waals surface area contributed by atoms with Gasteiger partial charge in [0.15, 0.2) is 5.22 Å². The third-order valence-electron chi connectivity index (χ3n) is 2.12. The molecule has 1 aromatic carbocycles. The lowest BCUT2D eigenvalue weighted by molar-refractivity contribution is 0.187. The Hall–Kier alpha value is -1.03. The van der Waals surface area contributed by atoms with E-state index in [1.807, 2.05) is 6.07 Å². The molecule has 0 saturated heterocycles. The summed E-state index contributed by atoms with van der Waals surface area (Å²) in [7, 11) is 0. The molecule has 74 valence electrons. The van der Waals surface area contributed by atoms with E-state index in [0.29, 0.717) is 10.8 Å². The van der Waals surface area contributed by atoms with Crippen LogP contribution in [0.25, 0.3) is 11.0 Å². The van der Waals surface area contributed by atoms with Crippen molar-refractivity contribution in [2.45, 2.75) is 6.10 Å². The van der Waals surface area contributed by atoms with Gasteiger partial charge in [0.05, 0.1) is 6.10 Å². The molecule has 14 heavy (non-hydrogen) atoms. The molecule has 0 aliphatic heterocycles. The second-order valence-corrected chi connectivity index (χ2v) is 3.47. The van der Waals surface area contributed by atoms with Crippen LogP contribution in [0.4, 0.5) is 0 Å². The van der Waals surface area contributed by atoms with Crippen molar-refractivity contribution in [3.05, 3.63) is 35.0 Å². The highest BCUT2D eigenvalue weighted by atomic mass is 35.5. The molecule has 1 unspecified atom stereocenters. The lowest BCUT2D eigenvalue weighted by Gasteiger charge is -2.06. The molecular formula is C10H10ClNO2. The number of furan rings is 1. The van der Waals surface area contributed by atoms with E-state index in [2.05, 4.69) is 0 Å². The fourth-order valence-electron chi connectivity index (χ4n) is 1.37. The summed E-state index contributed by atoms with van der Waals surface area (Å²) in [6.45, 7) is 0.205. The van der Waals surface area contributed by atoms with Crippen LogP contribution in [0.2, 0.25) is 5.22 Å². The van der Waals surface area contributed by atoms with Gasteiger partial charge in [-0.2, -0.15) is 0 Å². The summed E-state index contributed by atoms with van der Waals surface area (Å²) >= 11 is 5.70. The van der Waals surface area contributed by atoms with E-state index in [1.54, 1.807) is 18.2 Å². The smallest absolute Gasteiger partial charge is 0.194 e. The predicted octanol–water partition coefficient (Wildman–Crippen LogP) is 2.08. The van der Waals surface area contributed by atoms with Gasteiger partial charge in [0.2, 0.25) is 0 Å². The fraction of sp³-hybridized carbons (Fsp3) is 0.200. The van der Waals surface area contributed by atoms with Crippen LogP contribution in [0.5, 0.6) is 0 Å². The van der Waals surface area contributed by atoms with E-state index in [-0.39, 0.29) is 6.54 Å². The summed E-state index contributed by atoms with van der Waals surface area (Å²) in [6.07, 6.45) is -0.631. The van der Waals surface area contributed by atoms with Gasteiger partial charge in [0, 0.05) is 18.0 Å². The molecule has 2 rings (SSSR count). The molecule has 0 saturated carbocycles. The van der Waals surface area contributed by atoms with Crippen LogP contribution in [-0.4, -0.2) is 11.7 Å². The largest absolute Gasteiger partial charge is 0.445 e. The van der Waals surface area contributed by atoms with Crippen LogP contribution in [0.15, 0.2) is 28.7 Å². The minimum Gasteiger partial charge on any atom is -0.445 e. The Bertz CT molecular complexity index is 452. The Labute approximate surface area is 86.1 Å². The highest BCUT2D eigenvalue weighted by Gasteiger charge is 2.07. The maximum Gasteiger partial charge on any atom is 0.194 e. The third-order valence-corrected chi connectivity index (χ3v) is 2.30. The Kier molecular flexibility index (Phi) is 2.46. The quantitative estimate of drug-likeness (QED) is 0.800. The van der Waals surface area contributed by atoms with Crippen LogP contribution in [0, 0.1) is 0 Å². The molecule has 1 aromatic heterocycles. The first-order valence-corrected chi connectivity index (χ1v) is 4.65. The van der Waals surface area contributed by atoms with Crippen molar-refractivity contribution in [2.24, 2.45) is 5.73 Å². The molecule has 0 aliphatic rings. The number of halogens is 1. The lowest BCUT2D eigenvalue weighted by atomic mass is 10.1. The van der Waals surface area contributed by atoms with E-state index < -0.39 is 6.10 Å². The summed E-state index contributed by atoms with van der Waals surface area (Å²) in [6, 6.07) is 7.08. The molecule has 0 fully saturated rings. The van der Waals surface area contributed by atoms with E-state index in [1.165, 1.54) is 0 Å². The fourth-order valence-corrected chi connectivity index (χ4v) is 1.57. The zero-order valence-electron chi connectivity index (χ0n) is 7.40. The number of aliphatic hydroxyl groups excluding tert-OH is 1. The van der Waals surface area contributed by atoms with Crippen LogP contribution >= 0.6 is 11.6 Å². The molecule has 0 radical (unpaired) electrons. The van der Waals surface area contributed by atoms with Crippen molar-refractivity contribution in [1.82, 2.24) is 0 Å². The molecule has 0 aliphatic carbocycles. The zero-order chi connectivity index (χ0) is 10.1. The number of rotatable bonds is 2. The van der Waals surface area contributed by atoms with E-state index in [9.17, 15) is 5.11 Å². The summed E-state index contributed by atoms with van der Waals surface area (Å²) in [5.41, 5.74) is 6.84. The summed E-state index contributed by atoms with van der Waals surface area (Å²) in [4.78, 5) is 0. The van der Waals surface area contributed by atoms with Crippen molar-refractivity contribution in [2.75, 3.05) is 6.54 Å². The Morgan fingerprint density at radius 2 is 2.21 bits per heavy atom. The number of benzene rings is 1. The predicted molar refractivity (Wildman–Crippen MR) is 55.2 cm³/mol. The minimum atomic E-state index is -0.631. The summed E-state index contributed by atoms with van der Waals surface area (Å²) in [5.74, 6) is 0. The highest BCUT2D eigenvalue weighted by Crippen LogP contribution is 2.25. The van der Waals surface area contributed by atoms with Crippen molar-refractivity contribution >= 4 is 22.6 Å². The van der Waals surface area contributed by atoms with Crippen molar-refractivity contribution < 1.29 is 9.52 Å². The van der Waals surface area contributed by atoms with Crippen molar-refractivity contribution in [3.8, 4) is 0 Å². The standard InChI is InChI=1S/C10H10ClNO2/c11-10-4-7-3-6(8(13)5-12)1-2-9(7)14-10/h1-4,8,13H,5,12H2. The van der Waals surface area contributed by atoms with Gasteiger partial charge in [-0.1, -0.05) is 6.07 Å². The van der Waals surface area contributed by atoms with Gasteiger partial charge in [0.25, 0.3) is 0 Å². The zero-order valence-corrected chi connectivity index (χ0v) is 8.16. The number of fused-ring (bicyclic) bond motifs is 1. The van der Waals surface area contributed by atoms with Gasteiger partial charge in [-0.05, 0) is 29.3 Å². The third kappa shape index (κ3) is 1.62. The number of hydrogen-bond acceptors (Lipinski definition) is 3. The van der Waals surface area contributed by atoms with Gasteiger partial charge in [0.1, 0.15) is 5.58 Å². The summed E-state index contributed by atoms with van der Waals surface area (Å²) < 4.78 is 5.19. The maximum absolute atomic E-state index is 9.51. The van der Waals surface area contributed by atoms with Crippen LogP contribution in [-0.2, 0) is 0 Å². The first-order chi connectivity index (χ1) is 6.70. The van der Waals surface area contributed by atoms with Gasteiger partial charge in [-0.25, -0.2) is 0 Å². The Morgan fingerprint density at radius 3 is 2.93 bits per heavy atom. The second kappa shape index (κ2) is 3.61. The first kappa shape index (κ1) is 9.52. The van der Waals surface area contributed by atoms with Gasteiger partial charge < -0.3 is 15.3 Å². The molecule has 2 aromatic rings. The molecule has 0 amide bonds. The van der Waals surface area contributed by atoms with Gasteiger partial charge in [-0.3, -0.25) is 0 Å². The molecule has 3 nitrogen and oxygen atoms in total. The average Bonchev–Trinajstić information content (AvgIpc) is 2.55. The Morgan fingerprint density at radius 1 is 1.43 bits per heavy atom. The first-order valence-electron chi connectivity index (χ1n) is 4.28. The minimum absolute atomic E-state index is 0.205. The van der Waals surface area contributed by atoms with Gasteiger partial charge >= 0.3 is 0 Å². The average molecular weight is 212 g/mol. The molecule has 0 spiro atoms. The number of aliphatic hydroxyl groups is 1. The van der Waals surface area contributed by atoms with E-state index in [0.717, 1.165) is 10.9 Å². The number of nitrogens with two attached hydrogens (primary N) is 1. The topological polar surface area (TPSA) is 59.4 Å². The summed E-state index contributed by atoms with van der Waals surface area (Å²) in [5, 5.41) is 10.7. The normalized spacial score (nSPS) is 13.4. The van der Waals surface area contributed by atoms with Crippen molar-refractivity contribution in [3.63, 3.8) is 0 Å². The lowest BCUT2D eigenvalue weighted by Crippen LogP contribution is -2.11. The molecule has 1 atom stereocenters. The highest BCUT2D eigenvalue weighted by molar-refractivity contribution is 6.29. The van der Waals surface area contributed by atoms with Crippen LogP contribution in [0.1, 0.15) is 11.7 Å². The van der Waals surface area contributed by atoms with E-state index in [4.69, 9.17) is 21.8 Å². The maximum atomic E-state index is 9.51. The van der Waals surface area contributed by atoms with Crippen LogP contribution in [0.3, 0.4) is 0 Å². The van der Waals surface area contributed by atoms with Crippen LogP contribution < -0.4 is 5.73 Å². The monoisotopic (exact) mass is 211 g/mol. The van der Waals surface area contributed by atoms with E-state index >= 15 is 0 Å². The molecule has 1 heterocycles. The molecule has 0 bridgehead atoms. The van der Waals surface area contributed by atoms with Gasteiger partial charge in [-0.15, -0.1) is 0 Å². The Balaban J connectivity index is 2.50. The second-order valence-electron chi connectivity index (χ2n) is 3.10. The van der Waals surface area contributed by atoms with Crippen molar-refractivity contribution in [1.29, 1.82) is 0 Å².